The van der Waals surface area contributed by atoms with Crippen molar-refractivity contribution in [1.82, 2.24) is 0 Å². The van der Waals surface area contributed by atoms with Gasteiger partial charge < -0.3 is 24.1 Å². The molecule has 126 valence electrons. The van der Waals surface area contributed by atoms with Crippen LogP contribution in [0.2, 0.25) is 0 Å². The summed E-state index contributed by atoms with van der Waals surface area (Å²) in [6.45, 7) is 15.9. The molecular weight excluding hydrogens is 284 g/mol. The van der Waals surface area contributed by atoms with E-state index >= 15 is 0 Å². The molecule has 0 saturated carbocycles. The second-order valence-corrected chi connectivity index (χ2v) is 4.42. The minimum absolute atomic E-state index is 0.203. The van der Waals surface area contributed by atoms with E-state index in [0.29, 0.717) is 26.4 Å². The Morgan fingerprint density at radius 2 is 1.23 bits per heavy atom. The van der Waals surface area contributed by atoms with Crippen molar-refractivity contribution in [3.8, 4) is 0 Å². The summed E-state index contributed by atoms with van der Waals surface area (Å²) in [7, 11) is 0. The average Bonchev–Trinajstić information content (AvgIpc) is 2.54. The summed E-state index contributed by atoms with van der Waals surface area (Å²) in [6.07, 6.45) is 5.06. The summed E-state index contributed by atoms with van der Waals surface area (Å²) in [5.74, 6) is 0. The Balaban J connectivity index is 4.94. The third-order valence-corrected chi connectivity index (χ3v) is 2.69. The first-order valence-electron chi connectivity index (χ1n) is 7.22. The molecule has 0 fully saturated rings. The monoisotopic (exact) mass is 312 g/mol. The predicted molar refractivity (Wildman–Crippen MR) is 87.9 cm³/mol. The Morgan fingerprint density at radius 1 is 0.727 bits per heavy atom. The fourth-order valence-corrected chi connectivity index (χ4v) is 1.77. The van der Waals surface area contributed by atoms with E-state index in [1.54, 1.807) is 24.3 Å². The van der Waals surface area contributed by atoms with Crippen LogP contribution in [-0.4, -0.2) is 63.1 Å². The first-order valence-corrected chi connectivity index (χ1v) is 7.22. The maximum atomic E-state index is 9.57. The van der Waals surface area contributed by atoms with Gasteiger partial charge in [-0.2, -0.15) is 0 Å². The van der Waals surface area contributed by atoms with E-state index in [1.807, 2.05) is 0 Å². The van der Waals surface area contributed by atoms with Crippen LogP contribution in [0.4, 0.5) is 0 Å². The summed E-state index contributed by atoms with van der Waals surface area (Å²) in [5.41, 5.74) is 0. The first-order chi connectivity index (χ1) is 10.7. The average molecular weight is 312 g/mol. The van der Waals surface area contributed by atoms with Gasteiger partial charge in [0.05, 0.1) is 39.6 Å². The quantitative estimate of drug-likeness (QED) is 0.348. The van der Waals surface area contributed by atoms with Gasteiger partial charge in [-0.05, 0) is 0 Å². The van der Waals surface area contributed by atoms with Crippen LogP contribution in [-0.2, 0) is 18.9 Å². The van der Waals surface area contributed by atoms with Gasteiger partial charge in [0.2, 0.25) is 0 Å². The molecule has 0 aromatic rings. The van der Waals surface area contributed by atoms with Crippen molar-refractivity contribution in [2.45, 2.75) is 18.3 Å². The van der Waals surface area contributed by atoms with Crippen molar-refractivity contribution in [2.24, 2.45) is 0 Å². The molecule has 0 amide bonds. The van der Waals surface area contributed by atoms with Crippen molar-refractivity contribution in [3.05, 3.63) is 50.6 Å². The topological polar surface area (TPSA) is 57.2 Å². The van der Waals surface area contributed by atoms with Crippen LogP contribution >= 0.6 is 0 Å². The summed E-state index contributed by atoms with van der Waals surface area (Å²) < 4.78 is 22.5. The third kappa shape index (κ3) is 8.92. The smallest absolute Gasteiger partial charge is 0.115 e. The van der Waals surface area contributed by atoms with Crippen LogP contribution < -0.4 is 0 Å². The maximum absolute atomic E-state index is 9.57. The van der Waals surface area contributed by atoms with Crippen LogP contribution in [0.5, 0.6) is 0 Å². The number of hydrogen-bond donors (Lipinski definition) is 1. The molecule has 0 radical (unpaired) electrons. The van der Waals surface area contributed by atoms with E-state index < -0.39 is 18.3 Å². The van der Waals surface area contributed by atoms with Gasteiger partial charge in [-0.15, -0.1) is 26.3 Å². The molecule has 0 aromatic heterocycles. The van der Waals surface area contributed by atoms with E-state index in [1.165, 1.54) is 0 Å². The van der Waals surface area contributed by atoms with Gasteiger partial charge in [-0.3, -0.25) is 0 Å². The molecule has 0 rings (SSSR count). The van der Waals surface area contributed by atoms with Gasteiger partial charge in [0, 0.05) is 0 Å². The Hall–Kier alpha value is -1.24. The minimum atomic E-state index is -0.555. The summed E-state index contributed by atoms with van der Waals surface area (Å²) in [6, 6.07) is 0. The molecule has 0 spiro atoms. The Kier molecular flexibility index (Phi) is 13.9. The Labute approximate surface area is 133 Å². The molecule has 0 aliphatic carbocycles. The summed E-state index contributed by atoms with van der Waals surface area (Å²) in [4.78, 5) is 0. The fourth-order valence-electron chi connectivity index (χ4n) is 1.77. The van der Waals surface area contributed by atoms with Gasteiger partial charge in [-0.1, -0.05) is 24.3 Å². The number of aliphatic hydroxyl groups excluding tert-OH is 1. The second-order valence-electron chi connectivity index (χ2n) is 4.42. The highest BCUT2D eigenvalue weighted by atomic mass is 16.6. The number of hydrogen-bond acceptors (Lipinski definition) is 5. The van der Waals surface area contributed by atoms with Crippen LogP contribution in [0.3, 0.4) is 0 Å². The maximum Gasteiger partial charge on any atom is 0.115 e. The molecule has 0 aliphatic heterocycles. The molecule has 5 heteroatoms. The zero-order valence-corrected chi connectivity index (χ0v) is 13.2. The Morgan fingerprint density at radius 3 is 1.73 bits per heavy atom. The van der Waals surface area contributed by atoms with Crippen molar-refractivity contribution in [1.29, 1.82) is 0 Å². The fraction of sp³-hybridized carbons (Fsp3) is 0.529. The first kappa shape index (κ1) is 20.8. The van der Waals surface area contributed by atoms with Crippen molar-refractivity contribution in [3.63, 3.8) is 0 Å². The highest BCUT2D eigenvalue weighted by Gasteiger charge is 2.31. The zero-order chi connectivity index (χ0) is 16.6. The SMILES string of the molecule is C=CCOC[C@@H](OCC=C)[C@H](OCC=C)[C@H](CO)OCC=C. The molecular formula is C17H28O5. The lowest BCUT2D eigenvalue weighted by Crippen LogP contribution is -2.47. The molecule has 0 bridgehead atoms. The minimum Gasteiger partial charge on any atom is -0.394 e. The lowest BCUT2D eigenvalue weighted by atomic mass is 10.1. The lowest BCUT2D eigenvalue weighted by Gasteiger charge is -2.32. The molecule has 1 N–H and O–H groups in total. The molecule has 0 aliphatic rings. The molecule has 0 saturated heterocycles. The molecule has 3 atom stereocenters. The zero-order valence-electron chi connectivity index (χ0n) is 13.2. The predicted octanol–water partition coefficient (Wildman–Crippen LogP) is 1.89. The lowest BCUT2D eigenvalue weighted by molar-refractivity contribution is -0.152. The van der Waals surface area contributed by atoms with Gasteiger partial charge in [0.25, 0.3) is 0 Å². The van der Waals surface area contributed by atoms with Crippen LogP contribution in [0.15, 0.2) is 50.6 Å². The molecule has 0 aromatic carbocycles. The van der Waals surface area contributed by atoms with E-state index in [-0.39, 0.29) is 13.2 Å². The highest BCUT2D eigenvalue weighted by Crippen LogP contribution is 2.14. The molecule has 0 heterocycles. The van der Waals surface area contributed by atoms with E-state index in [2.05, 4.69) is 26.3 Å². The van der Waals surface area contributed by atoms with Crippen molar-refractivity contribution >= 4 is 0 Å². The summed E-state index contributed by atoms with van der Waals surface area (Å²) >= 11 is 0. The second kappa shape index (κ2) is 14.7. The van der Waals surface area contributed by atoms with Gasteiger partial charge >= 0.3 is 0 Å². The van der Waals surface area contributed by atoms with Gasteiger partial charge in [0.1, 0.15) is 18.3 Å². The van der Waals surface area contributed by atoms with Gasteiger partial charge in [0.15, 0.2) is 0 Å². The molecule has 0 unspecified atom stereocenters. The van der Waals surface area contributed by atoms with Crippen LogP contribution in [0, 0.1) is 0 Å². The molecule has 5 nitrogen and oxygen atoms in total. The van der Waals surface area contributed by atoms with Crippen LogP contribution in [0.1, 0.15) is 0 Å². The van der Waals surface area contributed by atoms with E-state index in [4.69, 9.17) is 18.9 Å². The van der Waals surface area contributed by atoms with Crippen LogP contribution in [0.25, 0.3) is 0 Å². The molecule has 22 heavy (non-hydrogen) atoms. The largest absolute Gasteiger partial charge is 0.394 e. The van der Waals surface area contributed by atoms with Crippen molar-refractivity contribution < 1.29 is 24.1 Å². The van der Waals surface area contributed by atoms with Gasteiger partial charge in [-0.25, -0.2) is 0 Å². The third-order valence-electron chi connectivity index (χ3n) is 2.69. The van der Waals surface area contributed by atoms with E-state index in [9.17, 15) is 5.11 Å². The van der Waals surface area contributed by atoms with E-state index in [0.717, 1.165) is 0 Å². The number of rotatable bonds is 16. The summed E-state index contributed by atoms with van der Waals surface area (Å²) in [5, 5.41) is 9.57. The van der Waals surface area contributed by atoms with Crippen molar-refractivity contribution in [2.75, 3.05) is 39.6 Å². The number of ether oxygens (including phenoxy) is 4. The highest BCUT2D eigenvalue weighted by molar-refractivity contribution is 4.84. The normalized spacial score (nSPS) is 14.8. The standard InChI is InChI=1S/C17H28O5/c1-5-9-19-14-16(21-11-7-3)17(22-12-8-4)15(13-18)20-10-6-2/h5-8,15-18H,1-4,9-14H2/t15-,16+,17+/m0/s1. The Bertz CT molecular complexity index is 316. The number of aliphatic hydroxyl groups is 1.